The van der Waals surface area contributed by atoms with Crippen LogP contribution in [0.2, 0.25) is 0 Å². The molecule has 1 aliphatic carbocycles. The van der Waals surface area contributed by atoms with Gasteiger partial charge < -0.3 is 13.6 Å². The van der Waals surface area contributed by atoms with E-state index < -0.39 is 25.7 Å². The van der Waals surface area contributed by atoms with E-state index >= 15 is 0 Å². The van der Waals surface area contributed by atoms with Crippen molar-refractivity contribution in [1.29, 1.82) is 0 Å². The summed E-state index contributed by atoms with van der Waals surface area (Å²) in [6.45, 7) is 12.2. The zero-order valence-corrected chi connectivity index (χ0v) is 16.9. The molecule has 136 valence electrons. The van der Waals surface area contributed by atoms with Crippen LogP contribution in [-0.4, -0.2) is 30.3 Å². The highest BCUT2D eigenvalue weighted by Crippen LogP contribution is 2.84. The lowest BCUT2D eigenvalue weighted by atomic mass is 9.71. The van der Waals surface area contributed by atoms with Crippen LogP contribution in [0.25, 0.3) is 0 Å². The molecule has 6 nitrogen and oxygen atoms in total. The summed E-state index contributed by atoms with van der Waals surface area (Å²) >= 11 is 0. The van der Waals surface area contributed by atoms with Gasteiger partial charge in [0, 0.05) is 6.42 Å². The molecule has 0 aromatic rings. The fourth-order valence-electron chi connectivity index (χ4n) is 4.36. The van der Waals surface area contributed by atoms with Crippen LogP contribution in [0.4, 0.5) is 0 Å². The second kappa shape index (κ2) is 6.23. The Balaban J connectivity index is 2.56. The Kier molecular flexibility index (Phi) is 5.31. The molecule has 0 aromatic carbocycles. The predicted molar refractivity (Wildman–Crippen MR) is 89.9 cm³/mol. The summed E-state index contributed by atoms with van der Waals surface area (Å²) in [4.78, 5) is 0. The quantitative estimate of drug-likeness (QED) is 0.577. The number of hydrogen-bond acceptors (Lipinski definition) is 6. The molecule has 1 heterocycles. The van der Waals surface area contributed by atoms with E-state index in [0.717, 1.165) is 0 Å². The van der Waals surface area contributed by atoms with E-state index in [4.69, 9.17) is 18.1 Å². The van der Waals surface area contributed by atoms with Crippen molar-refractivity contribution < 1.29 is 27.2 Å². The van der Waals surface area contributed by atoms with Gasteiger partial charge in [-0.15, -0.1) is 0 Å². The maximum absolute atomic E-state index is 13.5. The summed E-state index contributed by atoms with van der Waals surface area (Å²) in [7, 11) is -6.99. The molecule has 0 aromatic heterocycles. The van der Waals surface area contributed by atoms with Gasteiger partial charge in [-0.2, -0.15) is 0 Å². The van der Waals surface area contributed by atoms with Crippen molar-refractivity contribution in [3.8, 4) is 0 Å². The molecule has 8 heteroatoms. The predicted octanol–water partition coefficient (Wildman–Crippen LogP) is 5.18. The van der Waals surface area contributed by atoms with Crippen molar-refractivity contribution in [2.75, 3.05) is 19.8 Å². The summed E-state index contributed by atoms with van der Waals surface area (Å²) in [6, 6.07) is 0. The van der Waals surface area contributed by atoms with Crippen LogP contribution < -0.4 is 0 Å². The average Bonchev–Trinajstić information content (AvgIpc) is 2.53. The molecule has 0 N–H and O–H groups in total. The normalized spacial score (nSPS) is 39.6. The first-order valence-corrected chi connectivity index (χ1v) is 11.4. The van der Waals surface area contributed by atoms with Gasteiger partial charge in [0.2, 0.25) is 0 Å². The van der Waals surface area contributed by atoms with Crippen molar-refractivity contribution in [3.63, 3.8) is 0 Å². The Morgan fingerprint density at radius 1 is 1.00 bits per heavy atom. The van der Waals surface area contributed by atoms with E-state index in [9.17, 15) is 9.13 Å². The molecule has 3 atom stereocenters. The lowest BCUT2D eigenvalue weighted by Crippen LogP contribution is -2.44. The van der Waals surface area contributed by atoms with E-state index in [1.165, 1.54) is 0 Å². The van der Waals surface area contributed by atoms with E-state index in [2.05, 4.69) is 13.8 Å². The van der Waals surface area contributed by atoms with Gasteiger partial charge in [0.1, 0.15) is 0 Å². The average molecular weight is 368 g/mol. The van der Waals surface area contributed by atoms with E-state index in [-0.39, 0.29) is 25.2 Å². The summed E-state index contributed by atoms with van der Waals surface area (Å²) in [5, 5.41) is -1.87. The van der Waals surface area contributed by atoms with Gasteiger partial charge in [-0.3, -0.25) is 13.7 Å². The molecule has 1 saturated heterocycles. The van der Waals surface area contributed by atoms with E-state index in [1.54, 1.807) is 20.8 Å². The molecule has 2 fully saturated rings. The highest BCUT2D eigenvalue weighted by atomic mass is 31.2. The number of fused-ring (bicyclic) bond motifs is 2. The fraction of sp³-hybridized carbons (Fsp3) is 1.00. The van der Waals surface area contributed by atoms with Crippen molar-refractivity contribution in [3.05, 3.63) is 0 Å². The third kappa shape index (κ3) is 3.12. The molecule has 1 saturated carbocycles. The van der Waals surface area contributed by atoms with Gasteiger partial charge in [-0.25, -0.2) is 0 Å². The SMILES string of the molecule is CCOP1(=O)OC2(P(=O)(OCC)OCC)CC(C)(C)CC1(C)C2. The molecular formula is C15H30O6P2. The molecule has 2 bridgehead atoms. The van der Waals surface area contributed by atoms with E-state index in [1.807, 2.05) is 6.92 Å². The van der Waals surface area contributed by atoms with Gasteiger partial charge >= 0.3 is 15.2 Å². The second-order valence-corrected chi connectivity index (χ2v) is 12.3. The largest absolute Gasteiger partial charge is 0.362 e. The molecule has 2 aliphatic rings. The minimum Gasteiger partial charge on any atom is -0.308 e. The van der Waals surface area contributed by atoms with Crippen LogP contribution in [0.3, 0.4) is 0 Å². The second-order valence-electron chi connectivity index (χ2n) is 7.48. The topological polar surface area (TPSA) is 71.1 Å². The first-order valence-electron chi connectivity index (χ1n) is 8.36. The van der Waals surface area contributed by atoms with Crippen molar-refractivity contribution in [2.24, 2.45) is 5.41 Å². The monoisotopic (exact) mass is 368 g/mol. The van der Waals surface area contributed by atoms with Gasteiger partial charge in [-0.05, 0) is 46.0 Å². The maximum Gasteiger partial charge on any atom is 0.362 e. The zero-order valence-electron chi connectivity index (χ0n) is 15.1. The van der Waals surface area contributed by atoms with Gasteiger partial charge in [0.25, 0.3) is 0 Å². The fourth-order valence-corrected chi connectivity index (χ4v) is 10.2. The number of hydrogen-bond donors (Lipinski definition) is 0. The van der Waals surface area contributed by atoms with Crippen LogP contribution in [0, 0.1) is 5.41 Å². The van der Waals surface area contributed by atoms with E-state index in [0.29, 0.717) is 19.3 Å². The molecule has 23 heavy (non-hydrogen) atoms. The van der Waals surface area contributed by atoms with Crippen molar-refractivity contribution in [1.82, 2.24) is 0 Å². The summed E-state index contributed by atoms with van der Waals surface area (Å²) < 4.78 is 49.7. The van der Waals surface area contributed by atoms with Crippen molar-refractivity contribution >= 4 is 15.2 Å². The Bertz CT molecular complexity index is 538. The van der Waals surface area contributed by atoms with Crippen LogP contribution in [0.15, 0.2) is 0 Å². The summed E-state index contributed by atoms with van der Waals surface area (Å²) in [6.07, 6.45) is 1.54. The van der Waals surface area contributed by atoms with Crippen LogP contribution in [-0.2, 0) is 27.2 Å². The summed E-state index contributed by atoms with van der Waals surface area (Å²) in [5.41, 5.74) is -0.194. The Morgan fingerprint density at radius 3 is 2.04 bits per heavy atom. The molecule has 0 amide bonds. The lowest BCUT2D eigenvalue weighted by Gasteiger charge is -2.45. The highest BCUT2D eigenvalue weighted by molar-refractivity contribution is 7.60. The summed E-state index contributed by atoms with van der Waals surface area (Å²) in [5.74, 6) is 0. The molecule has 0 spiro atoms. The van der Waals surface area contributed by atoms with Gasteiger partial charge in [0.15, 0.2) is 5.34 Å². The molecule has 1 aliphatic heterocycles. The lowest BCUT2D eigenvalue weighted by molar-refractivity contribution is 0.0355. The van der Waals surface area contributed by atoms with Gasteiger partial charge in [0.05, 0.1) is 25.0 Å². The molecule has 3 unspecified atom stereocenters. The van der Waals surface area contributed by atoms with Crippen LogP contribution >= 0.6 is 15.2 Å². The Hall–Kier alpha value is 0.300. The highest BCUT2D eigenvalue weighted by Gasteiger charge is 2.74. The van der Waals surface area contributed by atoms with Crippen LogP contribution in [0.1, 0.15) is 60.8 Å². The third-order valence-electron chi connectivity index (χ3n) is 4.62. The van der Waals surface area contributed by atoms with Gasteiger partial charge in [-0.1, -0.05) is 13.8 Å². The zero-order chi connectivity index (χ0) is 17.6. The minimum atomic E-state index is -3.58. The maximum atomic E-state index is 13.5. The first kappa shape index (κ1) is 19.6. The first-order chi connectivity index (χ1) is 10.5. The standard InChI is InChI=1S/C15H30O6P2/c1-7-18-22(16)14(6)10-13(4,5)11-15(12-14,21-22)23(17,19-8-2)20-9-3/h7-12H2,1-6H3. The third-order valence-corrected chi connectivity index (χ3v) is 10.2. The Morgan fingerprint density at radius 2 is 1.57 bits per heavy atom. The molecule has 2 rings (SSSR count). The molecular weight excluding hydrogens is 338 g/mol. The number of rotatable bonds is 7. The smallest absolute Gasteiger partial charge is 0.308 e. The van der Waals surface area contributed by atoms with Crippen molar-refractivity contribution in [2.45, 2.75) is 71.3 Å². The molecule has 0 radical (unpaired) electrons. The minimum absolute atomic E-state index is 0.194. The van der Waals surface area contributed by atoms with Crippen LogP contribution in [0.5, 0.6) is 0 Å². The Labute approximate surface area is 139 Å².